The second-order valence-corrected chi connectivity index (χ2v) is 5.17. The van der Waals surface area contributed by atoms with Gasteiger partial charge in [-0.1, -0.05) is 48.5 Å². The lowest BCUT2D eigenvalue weighted by Crippen LogP contribution is -2.48. The minimum Gasteiger partial charge on any atom is -0.444 e. The first-order chi connectivity index (χ1) is 11.5. The van der Waals surface area contributed by atoms with Gasteiger partial charge in [-0.2, -0.15) is 4.90 Å². The van der Waals surface area contributed by atoms with E-state index in [0.29, 0.717) is 4.90 Å². The van der Waals surface area contributed by atoms with E-state index in [9.17, 15) is 14.4 Å². The fourth-order valence-corrected chi connectivity index (χ4v) is 1.97. The van der Waals surface area contributed by atoms with Gasteiger partial charge in [0, 0.05) is 5.56 Å². The molecule has 3 amide bonds. The van der Waals surface area contributed by atoms with Gasteiger partial charge in [-0.25, -0.2) is 4.79 Å². The Morgan fingerprint density at radius 1 is 1.00 bits per heavy atom. The molecule has 0 saturated carbocycles. The van der Waals surface area contributed by atoms with Crippen LogP contribution in [0.4, 0.5) is 4.79 Å². The predicted molar refractivity (Wildman–Crippen MR) is 87.9 cm³/mol. The van der Waals surface area contributed by atoms with Crippen LogP contribution in [0.25, 0.3) is 0 Å². The van der Waals surface area contributed by atoms with Crippen molar-refractivity contribution in [2.24, 2.45) is 5.73 Å². The zero-order valence-electron chi connectivity index (χ0n) is 13.2. The number of ether oxygens (including phenoxy) is 1. The minimum absolute atomic E-state index is 0.0511. The number of nitrogens with two attached hydrogens (primary N) is 1. The molecule has 0 aliphatic rings. The third kappa shape index (κ3) is 4.27. The highest BCUT2D eigenvalue weighted by Crippen LogP contribution is 2.10. The molecule has 0 fully saturated rings. The van der Waals surface area contributed by atoms with Crippen molar-refractivity contribution in [3.05, 3.63) is 71.8 Å². The molecule has 2 aromatic carbocycles. The van der Waals surface area contributed by atoms with Crippen LogP contribution in [0.15, 0.2) is 60.7 Å². The van der Waals surface area contributed by atoms with Crippen molar-refractivity contribution in [3.8, 4) is 0 Å². The first-order valence-electron chi connectivity index (χ1n) is 7.40. The van der Waals surface area contributed by atoms with E-state index in [1.54, 1.807) is 42.5 Å². The topological polar surface area (TPSA) is 89.7 Å². The van der Waals surface area contributed by atoms with E-state index in [2.05, 4.69) is 0 Å². The van der Waals surface area contributed by atoms with Crippen molar-refractivity contribution in [2.75, 3.05) is 0 Å². The number of carbonyl (C=O) groups is 3. The van der Waals surface area contributed by atoms with Crippen LogP contribution in [0.1, 0.15) is 22.8 Å². The van der Waals surface area contributed by atoms with Gasteiger partial charge in [0.25, 0.3) is 11.8 Å². The molecule has 0 bridgehead atoms. The third-order valence-corrected chi connectivity index (χ3v) is 3.22. The molecule has 0 aliphatic heterocycles. The lowest BCUT2D eigenvalue weighted by atomic mass is 10.2. The number of hydrogen-bond donors (Lipinski definition) is 1. The Labute approximate surface area is 139 Å². The van der Waals surface area contributed by atoms with Crippen molar-refractivity contribution in [3.63, 3.8) is 0 Å². The average Bonchev–Trinajstić information content (AvgIpc) is 2.61. The fourth-order valence-electron chi connectivity index (χ4n) is 1.97. The molecule has 0 unspecified atom stereocenters. The summed E-state index contributed by atoms with van der Waals surface area (Å²) in [4.78, 5) is 37.4. The van der Waals surface area contributed by atoms with Crippen molar-refractivity contribution in [2.45, 2.75) is 19.6 Å². The molecule has 0 saturated heterocycles. The number of benzene rings is 2. The average molecular weight is 326 g/mol. The van der Waals surface area contributed by atoms with Crippen LogP contribution in [0.2, 0.25) is 0 Å². The number of carbonyl (C=O) groups excluding carboxylic acids is 3. The molecule has 0 spiro atoms. The number of rotatable bonds is 4. The van der Waals surface area contributed by atoms with E-state index < -0.39 is 23.9 Å². The predicted octanol–water partition coefficient (Wildman–Crippen LogP) is 2.34. The number of hydrogen-bond acceptors (Lipinski definition) is 5. The third-order valence-electron chi connectivity index (χ3n) is 3.22. The van der Waals surface area contributed by atoms with Crippen LogP contribution >= 0.6 is 0 Å². The molecular formula is C18H18N2O4. The van der Waals surface area contributed by atoms with Gasteiger partial charge in [0.05, 0.1) is 6.04 Å². The highest BCUT2D eigenvalue weighted by atomic mass is 16.6. The molecule has 124 valence electrons. The molecule has 2 N–H and O–H groups in total. The normalized spacial score (nSPS) is 11.4. The van der Waals surface area contributed by atoms with E-state index in [1.165, 1.54) is 19.1 Å². The lowest BCUT2D eigenvalue weighted by Gasteiger charge is -2.20. The molecule has 0 heterocycles. The fraction of sp³-hybridized carbons (Fsp3) is 0.167. The van der Waals surface area contributed by atoms with Gasteiger partial charge in [0.15, 0.2) is 0 Å². The SMILES string of the molecule is C[C@H](N)C(=O)N(C(=O)OCc1ccccc1)C(=O)c1ccccc1. The van der Waals surface area contributed by atoms with E-state index in [0.717, 1.165) is 5.56 Å². The largest absolute Gasteiger partial charge is 0.444 e. The molecule has 0 aliphatic carbocycles. The maximum atomic E-state index is 12.5. The number of nitrogens with zero attached hydrogens (tertiary/aromatic N) is 1. The van der Waals surface area contributed by atoms with Crippen molar-refractivity contribution < 1.29 is 19.1 Å². The zero-order valence-corrected chi connectivity index (χ0v) is 13.2. The first-order valence-corrected chi connectivity index (χ1v) is 7.40. The van der Waals surface area contributed by atoms with E-state index in [1.807, 2.05) is 6.07 Å². The molecule has 24 heavy (non-hydrogen) atoms. The van der Waals surface area contributed by atoms with Crippen molar-refractivity contribution in [1.82, 2.24) is 4.90 Å². The molecule has 2 aromatic rings. The Morgan fingerprint density at radius 3 is 2.08 bits per heavy atom. The minimum atomic E-state index is -1.05. The monoisotopic (exact) mass is 326 g/mol. The Kier molecular flexibility index (Phi) is 5.81. The molecule has 2 rings (SSSR count). The molecular weight excluding hydrogens is 308 g/mol. The Hall–Kier alpha value is -2.99. The van der Waals surface area contributed by atoms with Gasteiger partial charge in [-0.05, 0) is 24.6 Å². The van der Waals surface area contributed by atoms with Crippen LogP contribution in [0.3, 0.4) is 0 Å². The van der Waals surface area contributed by atoms with Crippen LogP contribution in [0, 0.1) is 0 Å². The quantitative estimate of drug-likeness (QED) is 0.931. The lowest BCUT2D eigenvalue weighted by molar-refractivity contribution is -0.128. The summed E-state index contributed by atoms with van der Waals surface area (Å²) in [5, 5.41) is 0. The van der Waals surface area contributed by atoms with Gasteiger partial charge >= 0.3 is 6.09 Å². The van der Waals surface area contributed by atoms with Crippen LogP contribution in [-0.4, -0.2) is 28.8 Å². The summed E-state index contributed by atoms with van der Waals surface area (Å²) in [7, 11) is 0. The maximum absolute atomic E-state index is 12.5. The van der Waals surface area contributed by atoms with E-state index in [4.69, 9.17) is 10.5 Å². The zero-order chi connectivity index (χ0) is 17.5. The molecule has 1 atom stereocenters. The van der Waals surface area contributed by atoms with Crippen LogP contribution in [-0.2, 0) is 16.1 Å². The first kappa shape index (κ1) is 17.4. The Morgan fingerprint density at radius 2 is 1.54 bits per heavy atom. The van der Waals surface area contributed by atoms with Gasteiger partial charge in [-0.15, -0.1) is 0 Å². The highest BCUT2D eigenvalue weighted by molar-refractivity contribution is 6.15. The molecule has 0 radical (unpaired) electrons. The Balaban J connectivity index is 2.18. The second-order valence-electron chi connectivity index (χ2n) is 5.17. The van der Waals surface area contributed by atoms with Crippen molar-refractivity contribution >= 4 is 17.9 Å². The summed E-state index contributed by atoms with van der Waals surface area (Å²) in [6, 6.07) is 16.0. The van der Waals surface area contributed by atoms with Crippen LogP contribution < -0.4 is 5.73 Å². The smallest absolute Gasteiger partial charge is 0.424 e. The summed E-state index contributed by atoms with van der Waals surface area (Å²) in [6.45, 7) is 1.35. The van der Waals surface area contributed by atoms with Crippen LogP contribution in [0.5, 0.6) is 0 Å². The van der Waals surface area contributed by atoms with Crippen molar-refractivity contribution in [1.29, 1.82) is 0 Å². The summed E-state index contributed by atoms with van der Waals surface area (Å²) >= 11 is 0. The summed E-state index contributed by atoms with van der Waals surface area (Å²) in [5.74, 6) is -1.59. The molecule has 0 aromatic heterocycles. The second kappa shape index (κ2) is 8.03. The molecule has 6 heteroatoms. The van der Waals surface area contributed by atoms with Gasteiger partial charge in [0.2, 0.25) is 0 Å². The molecule has 6 nitrogen and oxygen atoms in total. The van der Waals surface area contributed by atoms with Gasteiger partial charge in [0.1, 0.15) is 6.61 Å². The maximum Gasteiger partial charge on any atom is 0.424 e. The van der Waals surface area contributed by atoms with E-state index >= 15 is 0 Å². The van der Waals surface area contributed by atoms with Gasteiger partial charge < -0.3 is 10.5 Å². The summed E-state index contributed by atoms with van der Waals surface area (Å²) in [5.41, 5.74) is 6.49. The van der Waals surface area contributed by atoms with Gasteiger partial charge in [-0.3, -0.25) is 9.59 Å². The number of imide groups is 3. The van der Waals surface area contributed by atoms with E-state index in [-0.39, 0.29) is 12.2 Å². The highest BCUT2D eigenvalue weighted by Gasteiger charge is 2.32. The standard InChI is InChI=1S/C18H18N2O4/c1-13(19)16(21)20(17(22)15-10-6-3-7-11-15)18(23)24-12-14-8-4-2-5-9-14/h2-11,13H,12,19H2,1H3/t13-/m0/s1. The summed E-state index contributed by atoms with van der Waals surface area (Å²) in [6.07, 6.45) is -1.05. The summed E-state index contributed by atoms with van der Waals surface area (Å²) < 4.78 is 5.09. The Bertz CT molecular complexity index is 714. The number of amides is 3.